The van der Waals surface area contributed by atoms with Gasteiger partial charge in [0.05, 0.1) is 21.9 Å². The van der Waals surface area contributed by atoms with Gasteiger partial charge >= 0.3 is 0 Å². The third-order valence-corrected chi connectivity index (χ3v) is 4.11. The highest BCUT2D eigenvalue weighted by atomic mass is 79.9. The number of nitrogens with two attached hydrogens (primary N) is 1. The molecule has 114 valence electrons. The molecule has 0 bridgehead atoms. The second-order valence-corrected chi connectivity index (χ2v) is 5.76. The molecule has 0 amide bonds. The summed E-state index contributed by atoms with van der Waals surface area (Å²) in [5, 5.41) is 4.54. The predicted molar refractivity (Wildman–Crippen MR) is 85.1 cm³/mol. The SMILES string of the molecule is CCc1cc(C(Cc2ccc(F)c(Br)c2)NN)n(CC)n1. The molecule has 0 aliphatic rings. The highest BCUT2D eigenvalue weighted by Gasteiger charge is 2.17. The van der Waals surface area contributed by atoms with Crippen LogP contribution in [-0.4, -0.2) is 9.78 Å². The Morgan fingerprint density at radius 2 is 2.14 bits per heavy atom. The van der Waals surface area contributed by atoms with E-state index in [9.17, 15) is 4.39 Å². The minimum Gasteiger partial charge on any atom is -0.271 e. The van der Waals surface area contributed by atoms with Gasteiger partial charge in [-0.3, -0.25) is 16.0 Å². The number of nitrogens with zero attached hydrogens (tertiary/aromatic N) is 2. The molecule has 0 fully saturated rings. The molecule has 3 N–H and O–H groups in total. The molecule has 2 rings (SSSR count). The summed E-state index contributed by atoms with van der Waals surface area (Å²) in [5.74, 6) is 5.46. The predicted octanol–water partition coefficient (Wildman–Crippen LogP) is 3.11. The summed E-state index contributed by atoms with van der Waals surface area (Å²) < 4.78 is 15.7. The van der Waals surface area contributed by atoms with Crippen LogP contribution in [0.2, 0.25) is 0 Å². The summed E-state index contributed by atoms with van der Waals surface area (Å²) >= 11 is 3.21. The Bertz CT molecular complexity index is 612. The summed E-state index contributed by atoms with van der Waals surface area (Å²) in [6.07, 6.45) is 1.56. The summed E-state index contributed by atoms with van der Waals surface area (Å²) in [4.78, 5) is 0. The van der Waals surface area contributed by atoms with E-state index in [1.54, 1.807) is 12.1 Å². The van der Waals surface area contributed by atoms with Crippen LogP contribution in [0.25, 0.3) is 0 Å². The van der Waals surface area contributed by atoms with Crippen molar-refractivity contribution in [1.82, 2.24) is 15.2 Å². The Morgan fingerprint density at radius 3 is 2.71 bits per heavy atom. The average Bonchev–Trinajstić information content (AvgIpc) is 2.91. The van der Waals surface area contributed by atoms with E-state index in [0.717, 1.165) is 29.9 Å². The molecule has 0 saturated carbocycles. The van der Waals surface area contributed by atoms with Crippen molar-refractivity contribution < 1.29 is 4.39 Å². The lowest BCUT2D eigenvalue weighted by molar-refractivity contribution is 0.489. The molecular weight excluding hydrogens is 335 g/mol. The highest BCUT2D eigenvalue weighted by molar-refractivity contribution is 9.10. The van der Waals surface area contributed by atoms with Crippen LogP contribution in [0.5, 0.6) is 0 Å². The molecule has 4 nitrogen and oxygen atoms in total. The number of nitrogens with one attached hydrogen (secondary N) is 1. The molecule has 0 spiro atoms. The molecular formula is C15H20BrFN4. The van der Waals surface area contributed by atoms with Crippen LogP contribution in [0.3, 0.4) is 0 Å². The minimum atomic E-state index is -0.261. The first kappa shape index (κ1) is 16.1. The number of aromatic nitrogens is 2. The number of benzene rings is 1. The standard InChI is InChI=1S/C15H20BrFN4/c1-3-11-9-15(21(4-2)20-11)14(19-18)8-10-5-6-13(17)12(16)7-10/h5-7,9,14,19H,3-4,8,18H2,1-2H3. The Kier molecular flexibility index (Phi) is 5.50. The number of hydrazine groups is 1. The van der Waals surface area contributed by atoms with Crippen LogP contribution in [0.1, 0.15) is 36.8 Å². The van der Waals surface area contributed by atoms with Gasteiger partial charge in [-0.05, 0) is 59.5 Å². The minimum absolute atomic E-state index is 0.0601. The molecule has 0 aliphatic carbocycles. The lowest BCUT2D eigenvalue weighted by Gasteiger charge is -2.17. The maximum atomic E-state index is 13.3. The van der Waals surface area contributed by atoms with E-state index >= 15 is 0 Å². The summed E-state index contributed by atoms with van der Waals surface area (Å²) in [6, 6.07) is 7.04. The van der Waals surface area contributed by atoms with Gasteiger partial charge < -0.3 is 0 Å². The zero-order valence-corrected chi connectivity index (χ0v) is 13.8. The zero-order chi connectivity index (χ0) is 15.4. The second-order valence-electron chi connectivity index (χ2n) is 4.90. The van der Waals surface area contributed by atoms with E-state index in [2.05, 4.69) is 46.4 Å². The highest BCUT2D eigenvalue weighted by Crippen LogP contribution is 2.23. The molecule has 0 saturated heterocycles. The van der Waals surface area contributed by atoms with E-state index in [4.69, 9.17) is 5.84 Å². The summed E-state index contributed by atoms with van der Waals surface area (Å²) in [5.41, 5.74) is 5.95. The Hall–Kier alpha value is -1.24. The molecule has 21 heavy (non-hydrogen) atoms. The van der Waals surface area contributed by atoms with Crippen LogP contribution in [0.15, 0.2) is 28.7 Å². The Labute approximate surface area is 132 Å². The molecule has 1 unspecified atom stereocenters. The molecule has 0 aliphatic heterocycles. The lowest BCUT2D eigenvalue weighted by Crippen LogP contribution is -2.31. The zero-order valence-electron chi connectivity index (χ0n) is 12.2. The first-order chi connectivity index (χ1) is 10.1. The van der Waals surface area contributed by atoms with E-state index < -0.39 is 0 Å². The smallest absolute Gasteiger partial charge is 0.137 e. The largest absolute Gasteiger partial charge is 0.271 e. The van der Waals surface area contributed by atoms with Gasteiger partial charge in [-0.25, -0.2) is 4.39 Å². The van der Waals surface area contributed by atoms with Crippen LogP contribution in [-0.2, 0) is 19.4 Å². The van der Waals surface area contributed by atoms with Crippen molar-refractivity contribution in [3.63, 3.8) is 0 Å². The van der Waals surface area contributed by atoms with E-state index in [1.807, 2.05) is 4.68 Å². The van der Waals surface area contributed by atoms with Crippen molar-refractivity contribution >= 4 is 15.9 Å². The van der Waals surface area contributed by atoms with Gasteiger partial charge in [0.2, 0.25) is 0 Å². The van der Waals surface area contributed by atoms with Gasteiger partial charge in [0, 0.05) is 6.54 Å². The fourth-order valence-corrected chi connectivity index (χ4v) is 2.77. The topological polar surface area (TPSA) is 55.9 Å². The molecule has 0 radical (unpaired) electrons. The van der Waals surface area contributed by atoms with Crippen LogP contribution in [0, 0.1) is 5.82 Å². The average molecular weight is 355 g/mol. The van der Waals surface area contributed by atoms with E-state index in [-0.39, 0.29) is 11.9 Å². The molecule has 1 aromatic carbocycles. The molecule has 2 aromatic rings. The summed E-state index contributed by atoms with van der Waals surface area (Å²) in [6.45, 7) is 4.92. The van der Waals surface area contributed by atoms with Crippen LogP contribution in [0.4, 0.5) is 4.39 Å². The quantitative estimate of drug-likeness (QED) is 0.618. The molecule has 1 aromatic heterocycles. The lowest BCUT2D eigenvalue weighted by atomic mass is 10.0. The van der Waals surface area contributed by atoms with Crippen molar-refractivity contribution in [1.29, 1.82) is 0 Å². The van der Waals surface area contributed by atoms with Gasteiger partial charge in [-0.1, -0.05) is 13.0 Å². The van der Waals surface area contributed by atoms with Gasteiger partial charge in [0.25, 0.3) is 0 Å². The molecule has 1 heterocycles. The fourth-order valence-electron chi connectivity index (χ4n) is 2.34. The number of rotatable bonds is 6. The van der Waals surface area contributed by atoms with E-state index in [0.29, 0.717) is 10.9 Å². The number of hydrogen-bond donors (Lipinski definition) is 2. The van der Waals surface area contributed by atoms with Crippen LogP contribution >= 0.6 is 15.9 Å². The number of halogens is 2. The van der Waals surface area contributed by atoms with Gasteiger partial charge in [0.15, 0.2) is 0 Å². The van der Waals surface area contributed by atoms with Crippen molar-refractivity contribution in [2.45, 2.75) is 39.3 Å². The van der Waals surface area contributed by atoms with Gasteiger partial charge in [-0.2, -0.15) is 5.10 Å². The van der Waals surface area contributed by atoms with Crippen molar-refractivity contribution in [2.24, 2.45) is 5.84 Å². The van der Waals surface area contributed by atoms with Gasteiger partial charge in [-0.15, -0.1) is 0 Å². The second kappa shape index (κ2) is 7.15. The third-order valence-electron chi connectivity index (χ3n) is 3.51. The number of aryl methyl sites for hydroxylation is 2. The first-order valence-electron chi connectivity index (χ1n) is 7.05. The maximum Gasteiger partial charge on any atom is 0.137 e. The third kappa shape index (κ3) is 3.70. The van der Waals surface area contributed by atoms with E-state index in [1.165, 1.54) is 6.07 Å². The Balaban J connectivity index is 2.26. The normalized spacial score (nSPS) is 12.6. The van der Waals surface area contributed by atoms with Gasteiger partial charge in [0.1, 0.15) is 5.82 Å². The summed E-state index contributed by atoms with van der Waals surface area (Å²) in [7, 11) is 0. The number of hydrogen-bond acceptors (Lipinski definition) is 3. The fraction of sp³-hybridized carbons (Fsp3) is 0.400. The van der Waals surface area contributed by atoms with Crippen molar-refractivity contribution in [3.8, 4) is 0 Å². The monoisotopic (exact) mass is 354 g/mol. The maximum absolute atomic E-state index is 13.3. The Morgan fingerprint density at radius 1 is 1.38 bits per heavy atom. The van der Waals surface area contributed by atoms with Crippen molar-refractivity contribution in [3.05, 3.63) is 51.5 Å². The van der Waals surface area contributed by atoms with Crippen LogP contribution < -0.4 is 11.3 Å². The first-order valence-corrected chi connectivity index (χ1v) is 7.85. The molecule has 6 heteroatoms. The molecule has 1 atom stereocenters. The van der Waals surface area contributed by atoms with Crippen molar-refractivity contribution in [2.75, 3.05) is 0 Å².